The van der Waals surface area contributed by atoms with Crippen LogP contribution < -0.4 is 9.80 Å². The third-order valence-corrected chi connectivity index (χ3v) is 4.66. The van der Waals surface area contributed by atoms with Crippen LogP contribution in [0.3, 0.4) is 0 Å². The molecule has 0 bridgehead atoms. The van der Waals surface area contributed by atoms with E-state index >= 15 is 0 Å². The summed E-state index contributed by atoms with van der Waals surface area (Å²) in [4.78, 5) is 29.6. The number of likely N-dealkylation sites (N-methyl/N-ethyl adjacent to an activating group) is 1. The quantitative estimate of drug-likeness (QED) is 0.777. The van der Waals surface area contributed by atoms with Gasteiger partial charge in [-0.1, -0.05) is 0 Å². The van der Waals surface area contributed by atoms with Crippen molar-refractivity contribution in [3.8, 4) is 0 Å². The van der Waals surface area contributed by atoms with Crippen molar-refractivity contribution in [2.75, 3.05) is 69.2 Å². The maximum atomic E-state index is 11.5. The highest BCUT2D eigenvalue weighted by atomic mass is 16.2. The number of nitrogens with zero attached hydrogens (tertiary/aromatic N) is 6. The van der Waals surface area contributed by atoms with Gasteiger partial charge < -0.3 is 19.6 Å². The number of carbonyl (C=O) groups excluding carboxylic acids is 1. The highest BCUT2D eigenvalue weighted by Gasteiger charge is 2.22. The van der Waals surface area contributed by atoms with Gasteiger partial charge in [0, 0.05) is 71.0 Å². The van der Waals surface area contributed by atoms with Gasteiger partial charge in [-0.15, -0.1) is 0 Å². The Morgan fingerprint density at radius 2 is 1.57 bits per heavy atom. The molecule has 3 heterocycles. The van der Waals surface area contributed by atoms with Crippen LogP contribution in [0.15, 0.2) is 6.07 Å². The number of aromatic nitrogens is 2. The molecule has 0 saturated carbocycles. The Kier molecular flexibility index (Phi) is 4.66. The molecule has 0 atom stereocenters. The lowest BCUT2D eigenvalue weighted by Crippen LogP contribution is -2.48. The van der Waals surface area contributed by atoms with Gasteiger partial charge in [0.05, 0.1) is 0 Å². The Bertz CT molecular complexity index is 562. The highest BCUT2D eigenvalue weighted by Crippen LogP contribution is 2.20. The van der Waals surface area contributed by atoms with E-state index in [-0.39, 0.29) is 5.91 Å². The number of hydrogen-bond donors (Lipinski definition) is 0. The minimum absolute atomic E-state index is 0.154. The number of carbonyl (C=O) groups is 1. The van der Waals surface area contributed by atoms with Gasteiger partial charge in [-0.3, -0.25) is 4.79 Å². The van der Waals surface area contributed by atoms with Gasteiger partial charge in [0.25, 0.3) is 0 Å². The zero-order chi connectivity index (χ0) is 16.4. The zero-order valence-electron chi connectivity index (χ0n) is 14.3. The second kappa shape index (κ2) is 6.70. The van der Waals surface area contributed by atoms with E-state index in [0.717, 1.165) is 69.8 Å². The van der Waals surface area contributed by atoms with Crippen LogP contribution >= 0.6 is 0 Å². The molecule has 126 valence electrons. The number of anilines is 2. The third kappa shape index (κ3) is 3.72. The fourth-order valence-electron chi connectivity index (χ4n) is 3.10. The van der Waals surface area contributed by atoms with Crippen molar-refractivity contribution in [3.05, 3.63) is 11.8 Å². The predicted molar refractivity (Wildman–Crippen MR) is 90.9 cm³/mol. The van der Waals surface area contributed by atoms with Crippen LogP contribution in [0.1, 0.15) is 12.6 Å². The summed E-state index contributed by atoms with van der Waals surface area (Å²) in [5, 5.41) is 0. The summed E-state index contributed by atoms with van der Waals surface area (Å²) in [6.07, 6.45) is 0. The van der Waals surface area contributed by atoms with Crippen molar-refractivity contribution in [1.82, 2.24) is 19.8 Å². The standard InChI is InChI=1S/C16H26N6O/c1-13-12-15(21-10-8-20(9-11-21)14(2)23)18-16(17-13)22-6-4-19(3)5-7-22/h12H,4-11H2,1-3H3. The molecular formula is C16H26N6O. The maximum absolute atomic E-state index is 11.5. The molecule has 2 fully saturated rings. The van der Waals surface area contributed by atoms with Crippen molar-refractivity contribution in [3.63, 3.8) is 0 Å². The Balaban J connectivity index is 1.72. The van der Waals surface area contributed by atoms with Gasteiger partial charge in [-0.2, -0.15) is 4.98 Å². The maximum Gasteiger partial charge on any atom is 0.227 e. The molecule has 2 aliphatic rings. The molecule has 0 aliphatic carbocycles. The fraction of sp³-hybridized carbons (Fsp3) is 0.688. The Morgan fingerprint density at radius 3 is 2.17 bits per heavy atom. The molecule has 23 heavy (non-hydrogen) atoms. The molecule has 7 nitrogen and oxygen atoms in total. The first kappa shape index (κ1) is 16.0. The van der Waals surface area contributed by atoms with E-state index in [9.17, 15) is 4.79 Å². The van der Waals surface area contributed by atoms with Crippen LogP contribution in [0.25, 0.3) is 0 Å². The normalized spacial score (nSPS) is 20.0. The van der Waals surface area contributed by atoms with Crippen LogP contribution in [0.2, 0.25) is 0 Å². The molecule has 3 rings (SSSR count). The van der Waals surface area contributed by atoms with E-state index in [1.54, 1.807) is 6.92 Å². The van der Waals surface area contributed by atoms with E-state index in [0.29, 0.717) is 0 Å². The van der Waals surface area contributed by atoms with Gasteiger partial charge in [0.1, 0.15) is 5.82 Å². The van der Waals surface area contributed by atoms with E-state index in [1.165, 1.54) is 0 Å². The van der Waals surface area contributed by atoms with E-state index in [1.807, 2.05) is 17.9 Å². The van der Waals surface area contributed by atoms with Gasteiger partial charge in [-0.25, -0.2) is 4.98 Å². The molecule has 0 N–H and O–H groups in total. The van der Waals surface area contributed by atoms with Crippen molar-refractivity contribution in [2.24, 2.45) is 0 Å². The predicted octanol–water partition coefficient (Wildman–Crippen LogP) is 0.205. The molecule has 0 unspecified atom stereocenters. The summed E-state index contributed by atoms with van der Waals surface area (Å²) in [5.41, 5.74) is 0.998. The third-order valence-electron chi connectivity index (χ3n) is 4.66. The number of rotatable bonds is 2. The van der Waals surface area contributed by atoms with Crippen molar-refractivity contribution >= 4 is 17.7 Å². The van der Waals surface area contributed by atoms with Crippen LogP contribution in [-0.2, 0) is 4.79 Å². The first-order chi connectivity index (χ1) is 11.0. The second-order valence-corrected chi connectivity index (χ2v) is 6.45. The van der Waals surface area contributed by atoms with Crippen LogP contribution in [-0.4, -0.2) is 85.1 Å². The topological polar surface area (TPSA) is 55.8 Å². The number of aryl methyl sites for hydroxylation is 1. The first-order valence-electron chi connectivity index (χ1n) is 8.32. The molecule has 2 saturated heterocycles. The molecule has 1 aromatic heterocycles. The summed E-state index contributed by atoms with van der Waals surface area (Å²) in [6, 6.07) is 2.04. The molecule has 0 radical (unpaired) electrons. The molecule has 0 spiro atoms. The Morgan fingerprint density at radius 1 is 0.957 bits per heavy atom. The number of amides is 1. The minimum Gasteiger partial charge on any atom is -0.353 e. The summed E-state index contributed by atoms with van der Waals surface area (Å²) in [5.74, 6) is 1.97. The monoisotopic (exact) mass is 318 g/mol. The minimum atomic E-state index is 0.154. The van der Waals surface area contributed by atoms with E-state index in [2.05, 4.69) is 26.7 Å². The van der Waals surface area contributed by atoms with Crippen LogP contribution in [0.5, 0.6) is 0 Å². The lowest BCUT2D eigenvalue weighted by Gasteiger charge is -2.36. The highest BCUT2D eigenvalue weighted by molar-refractivity contribution is 5.73. The number of piperazine rings is 2. The van der Waals surface area contributed by atoms with Gasteiger partial charge in [0.15, 0.2) is 0 Å². The fourth-order valence-corrected chi connectivity index (χ4v) is 3.10. The van der Waals surface area contributed by atoms with Gasteiger partial charge in [0.2, 0.25) is 11.9 Å². The van der Waals surface area contributed by atoms with E-state index in [4.69, 9.17) is 4.98 Å². The van der Waals surface area contributed by atoms with Gasteiger partial charge >= 0.3 is 0 Å². The SMILES string of the molecule is CC(=O)N1CCN(c2cc(C)nc(N3CCN(C)CC3)n2)CC1. The first-order valence-corrected chi connectivity index (χ1v) is 8.32. The molecule has 1 amide bonds. The molecule has 1 aromatic rings. The number of hydrogen-bond acceptors (Lipinski definition) is 6. The Hall–Kier alpha value is -1.89. The van der Waals surface area contributed by atoms with Crippen molar-refractivity contribution in [2.45, 2.75) is 13.8 Å². The van der Waals surface area contributed by atoms with Crippen LogP contribution in [0.4, 0.5) is 11.8 Å². The summed E-state index contributed by atoms with van der Waals surface area (Å²) in [6.45, 7) is 10.9. The summed E-state index contributed by atoms with van der Waals surface area (Å²) in [7, 11) is 2.15. The van der Waals surface area contributed by atoms with Crippen molar-refractivity contribution < 1.29 is 4.79 Å². The lowest BCUT2D eigenvalue weighted by atomic mass is 10.3. The van der Waals surface area contributed by atoms with Crippen molar-refractivity contribution in [1.29, 1.82) is 0 Å². The van der Waals surface area contributed by atoms with E-state index < -0.39 is 0 Å². The molecule has 7 heteroatoms. The Labute approximate surface area is 137 Å². The van der Waals surface area contributed by atoms with Crippen LogP contribution in [0, 0.1) is 6.92 Å². The zero-order valence-corrected chi connectivity index (χ0v) is 14.3. The smallest absolute Gasteiger partial charge is 0.227 e. The van der Waals surface area contributed by atoms with Gasteiger partial charge in [-0.05, 0) is 14.0 Å². The summed E-state index contributed by atoms with van der Waals surface area (Å²) < 4.78 is 0. The second-order valence-electron chi connectivity index (χ2n) is 6.45. The molecule has 0 aromatic carbocycles. The average Bonchev–Trinajstić information content (AvgIpc) is 2.55. The molecular weight excluding hydrogens is 292 g/mol. The largest absolute Gasteiger partial charge is 0.353 e. The average molecular weight is 318 g/mol. The lowest BCUT2D eigenvalue weighted by molar-refractivity contribution is -0.129. The summed E-state index contributed by atoms with van der Waals surface area (Å²) >= 11 is 0. The molecule has 2 aliphatic heterocycles.